The van der Waals surface area contributed by atoms with Gasteiger partial charge in [-0.15, -0.1) is 0 Å². The number of rotatable bonds is 1. The van der Waals surface area contributed by atoms with Gasteiger partial charge in [-0.2, -0.15) is 5.10 Å². The largest absolute Gasteiger partial charge is 0.323 e. The van der Waals surface area contributed by atoms with Crippen LogP contribution in [-0.2, 0) is 0 Å². The van der Waals surface area contributed by atoms with E-state index in [1.807, 2.05) is 0 Å². The van der Waals surface area contributed by atoms with Crippen LogP contribution in [0.2, 0.25) is 5.02 Å². The quantitative estimate of drug-likeness (QED) is 0.354. The molecule has 0 radical (unpaired) electrons. The van der Waals surface area contributed by atoms with Gasteiger partial charge in [0.15, 0.2) is 0 Å². The van der Waals surface area contributed by atoms with Gasteiger partial charge in [0, 0.05) is 5.56 Å². The molecule has 12 heavy (non-hydrogen) atoms. The minimum atomic E-state index is -0.461. The number of nitrogens with zero attached hydrogens (tertiary/aromatic N) is 1. The van der Waals surface area contributed by atoms with Crippen LogP contribution < -0.4 is 5.84 Å². The Morgan fingerprint density at radius 1 is 1.58 bits per heavy atom. The zero-order chi connectivity index (χ0) is 9.14. The lowest BCUT2D eigenvalue weighted by molar-refractivity contribution is 0.619. The predicted molar refractivity (Wildman–Crippen MR) is 50.9 cm³/mol. The summed E-state index contributed by atoms with van der Waals surface area (Å²) in [4.78, 5) is 0. The maximum Gasteiger partial charge on any atom is 0.147 e. The molecule has 0 spiro atoms. The van der Waals surface area contributed by atoms with Gasteiger partial charge in [-0.1, -0.05) is 11.6 Å². The molecule has 0 heterocycles. The fraction of sp³-hybridized carbons (Fsp3) is 0. The van der Waals surface area contributed by atoms with E-state index >= 15 is 0 Å². The summed E-state index contributed by atoms with van der Waals surface area (Å²) in [5.74, 6) is 4.41. The SMILES string of the molecule is NN=Cc1ccc(Cl)c(Br)c1F. The van der Waals surface area contributed by atoms with Crippen LogP contribution in [0.15, 0.2) is 21.7 Å². The molecule has 1 rings (SSSR count). The molecule has 0 aliphatic carbocycles. The average Bonchev–Trinajstić information content (AvgIpc) is 2.07. The molecule has 0 atom stereocenters. The summed E-state index contributed by atoms with van der Waals surface area (Å²) < 4.78 is 13.4. The topological polar surface area (TPSA) is 38.4 Å². The highest BCUT2D eigenvalue weighted by molar-refractivity contribution is 9.10. The van der Waals surface area contributed by atoms with E-state index in [1.165, 1.54) is 12.3 Å². The van der Waals surface area contributed by atoms with E-state index in [4.69, 9.17) is 17.4 Å². The molecule has 0 saturated carbocycles. The first-order chi connectivity index (χ1) is 5.66. The highest BCUT2D eigenvalue weighted by Crippen LogP contribution is 2.26. The number of hydrogen-bond acceptors (Lipinski definition) is 2. The van der Waals surface area contributed by atoms with Gasteiger partial charge in [-0.25, -0.2) is 4.39 Å². The Balaban J connectivity index is 3.26. The lowest BCUT2D eigenvalue weighted by Crippen LogP contribution is -1.92. The molecule has 0 amide bonds. The van der Waals surface area contributed by atoms with Gasteiger partial charge < -0.3 is 5.84 Å². The zero-order valence-corrected chi connectivity index (χ0v) is 8.23. The highest BCUT2D eigenvalue weighted by Gasteiger charge is 2.07. The van der Waals surface area contributed by atoms with Crippen molar-refractivity contribution in [1.82, 2.24) is 0 Å². The van der Waals surface area contributed by atoms with E-state index in [0.29, 0.717) is 10.6 Å². The van der Waals surface area contributed by atoms with Crippen molar-refractivity contribution in [3.05, 3.63) is 33.0 Å². The Labute approximate surface area is 82.3 Å². The molecule has 2 N–H and O–H groups in total. The van der Waals surface area contributed by atoms with Crippen LogP contribution >= 0.6 is 27.5 Å². The van der Waals surface area contributed by atoms with E-state index < -0.39 is 5.82 Å². The lowest BCUT2D eigenvalue weighted by atomic mass is 10.2. The molecule has 0 fully saturated rings. The molecule has 1 aromatic rings. The van der Waals surface area contributed by atoms with Crippen molar-refractivity contribution in [3.8, 4) is 0 Å². The van der Waals surface area contributed by atoms with Crippen LogP contribution in [0.5, 0.6) is 0 Å². The summed E-state index contributed by atoms with van der Waals surface area (Å²) in [6.45, 7) is 0. The molecule has 64 valence electrons. The van der Waals surface area contributed by atoms with Crippen molar-refractivity contribution >= 4 is 33.7 Å². The van der Waals surface area contributed by atoms with Crippen molar-refractivity contribution in [1.29, 1.82) is 0 Å². The Morgan fingerprint density at radius 2 is 2.25 bits per heavy atom. The second-order valence-corrected chi connectivity index (χ2v) is 3.24. The summed E-state index contributed by atoms with van der Waals surface area (Å²) in [5.41, 5.74) is 0.300. The third kappa shape index (κ3) is 1.76. The van der Waals surface area contributed by atoms with E-state index in [1.54, 1.807) is 6.07 Å². The third-order valence-corrected chi connectivity index (χ3v) is 2.60. The molecule has 0 saturated heterocycles. The summed E-state index contributed by atoms with van der Waals surface area (Å²) in [5, 5.41) is 3.53. The Hall–Kier alpha value is -0.610. The van der Waals surface area contributed by atoms with Crippen molar-refractivity contribution in [2.45, 2.75) is 0 Å². The van der Waals surface area contributed by atoms with Gasteiger partial charge in [-0.3, -0.25) is 0 Å². The minimum absolute atomic E-state index is 0.224. The smallest absolute Gasteiger partial charge is 0.147 e. The third-order valence-electron chi connectivity index (χ3n) is 1.28. The van der Waals surface area contributed by atoms with Gasteiger partial charge in [0.1, 0.15) is 5.82 Å². The van der Waals surface area contributed by atoms with Crippen LogP contribution in [0.1, 0.15) is 5.56 Å². The average molecular weight is 251 g/mol. The number of benzene rings is 1. The first-order valence-corrected chi connectivity index (χ1v) is 4.20. The molecular weight excluding hydrogens is 246 g/mol. The maximum atomic E-state index is 13.2. The highest BCUT2D eigenvalue weighted by atomic mass is 79.9. The number of halogens is 3. The molecule has 0 aliphatic heterocycles. The van der Waals surface area contributed by atoms with Gasteiger partial charge in [0.25, 0.3) is 0 Å². The Kier molecular flexibility index (Phi) is 3.05. The summed E-state index contributed by atoms with van der Waals surface area (Å²) in [6, 6.07) is 3.06. The first-order valence-electron chi connectivity index (χ1n) is 3.03. The molecule has 0 aromatic heterocycles. The first kappa shape index (κ1) is 9.48. The second kappa shape index (κ2) is 3.87. The second-order valence-electron chi connectivity index (χ2n) is 2.04. The van der Waals surface area contributed by atoms with Crippen LogP contribution in [0.25, 0.3) is 0 Å². The molecule has 0 bridgehead atoms. The number of nitrogens with two attached hydrogens (primary N) is 1. The fourth-order valence-corrected chi connectivity index (χ4v) is 1.23. The van der Waals surface area contributed by atoms with Crippen LogP contribution in [0.4, 0.5) is 4.39 Å². The van der Waals surface area contributed by atoms with E-state index in [9.17, 15) is 4.39 Å². The van der Waals surface area contributed by atoms with Crippen LogP contribution in [-0.4, -0.2) is 6.21 Å². The molecule has 0 unspecified atom stereocenters. The minimum Gasteiger partial charge on any atom is -0.323 e. The van der Waals surface area contributed by atoms with Gasteiger partial charge >= 0.3 is 0 Å². The summed E-state index contributed by atoms with van der Waals surface area (Å²) in [6.07, 6.45) is 1.22. The molecular formula is C7H5BrClFN2. The Bertz CT molecular complexity index is 327. The molecule has 5 heteroatoms. The maximum absolute atomic E-state index is 13.2. The van der Waals surface area contributed by atoms with Gasteiger partial charge in [0.05, 0.1) is 15.7 Å². The zero-order valence-electron chi connectivity index (χ0n) is 5.89. The van der Waals surface area contributed by atoms with E-state index in [0.717, 1.165) is 0 Å². The molecule has 1 aromatic carbocycles. The lowest BCUT2D eigenvalue weighted by Gasteiger charge is -1.99. The van der Waals surface area contributed by atoms with Crippen molar-refractivity contribution < 1.29 is 4.39 Å². The Morgan fingerprint density at radius 3 is 2.83 bits per heavy atom. The van der Waals surface area contributed by atoms with Crippen molar-refractivity contribution in [3.63, 3.8) is 0 Å². The fourth-order valence-electron chi connectivity index (χ4n) is 0.721. The standard InChI is InChI=1S/C7H5BrClFN2/c8-6-5(9)2-1-4(3-12-11)7(6)10/h1-3H,11H2. The number of hydrogen-bond donors (Lipinski definition) is 1. The van der Waals surface area contributed by atoms with E-state index in [-0.39, 0.29) is 4.47 Å². The van der Waals surface area contributed by atoms with Crippen LogP contribution in [0.3, 0.4) is 0 Å². The monoisotopic (exact) mass is 250 g/mol. The van der Waals surface area contributed by atoms with E-state index in [2.05, 4.69) is 21.0 Å². The normalized spacial score (nSPS) is 10.9. The molecule has 0 aliphatic rings. The summed E-state index contributed by atoms with van der Waals surface area (Å²) >= 11 is 8.61. The van der Waals surface area contributed by atoms with Crippen LogP contribution in [0, 0.1) is 5.82 Å². The number of hydrazone groups is 1. The molecule has 2 nitrogen and oxygen atoms in total. The predicted octanol–water partition coefficient (Wildman–Crippen LogP) is 2.53. The van der Waals surface area contributed by atoms with Crippen molar-refractivity contribution in [2.75, 3.05) is 0 Å². The summed E-state index contributed by atoms with van der Waals surface area (Å²) in [7, 11) is 0. The van der Waals surface area contributed by atoms with Gasteiger partial charge in [-0.05, 0) is 28.1 Å². The van der Waals surface area contributed by atoms with Crippen molar-refractivity contribution in [2.24, 2.45) is 10.9 Å². The van der Waals surface area contributed by atoms with Gasteiger partial charge in [0.2, 0.25) is 0 Å².